The lowest BCUT2D eigenvalue weighted by Crippen LogP contribution is -2.40. The molecule has 3 rings (SSSR count). The Labute approximate surface area is 159 Å². The van der Waals surface area contributed by atoms with Crippen molar-refractivity contribution >= 4 is 35.2 Å². The van der Waals surface area contributed by atoms with Crippen LogP contribution in [0, 0.1) is 5.82 Å². The number of fused-ring (bicyclic) bond motifs is 1. The van der Waals surface area contributed by atoms with E-state index in [0.29, 0.717) is 0 Å². The number of halogens is 6. The molecule has 0 fully saturated rings. The van der Waals surface area contributed by atoms with E-state index in [9.17, 15) is 22.4 Å². The van der Waals surface area contributed by atoms with Gasteiger partial charge in [-0.25, -0.2) is 9.18 Å². The third-order valence-corrected chi connectivity index (χ3v) is 4.17. The highest BCUT2D eigenvalue weighted by Gasteiger charge is 2.48. The Morgan fingerprint density at radius 2 is 1.85 bits per heavy atom. The largest absolute Gasteiger partial charge is 0.478 e. The Morgan fingerprint density at radius 1 is 1.15 bits per heavy atom. The van der Waals surface area contributed by atoms with E-state index in [1.807, 2.05) is 0 Å². The van der Waals surface area contributed by atoms with Crippen molar-refractivity contribution < 1.29 is 36.9 Å². The molecule has 2 aromatic rings. The fourth-order valence-electron chi connectivity index (χ4n) is 2.36. The van der Waals surface area contributed by atoms with E-state index in [0.717, 1.165) is 18.2 Å². The van der Waals surface area contributed by atoms with Crippen LogP contribution in [0.5, 0.6) is 17.2 Å². The molecule has 27 heavy (non-hydrogen) atoms. The van der Waals surface area contributed by atoms with Gasteiger partial charge in [0.05, 0.1) is 15.6 Å². The average molecular weight is 423 g/mol. The van der Waals surface area contributed by atoms with Gasteiger partial charge in [0.1, 0.15) is 23.1 Å². The minimum atomic E-state index is -4.94. The number of rotatable bonds is 3. The summed E-state index contributed by atoms with van der Waals surface area (Å²) in [7, 11) is 0. The molecule has 1 unspecified atom stereocenters. The Balaban J connectivity index is 2.01. The first-order valence-corrected chi connectivity index (χ1v) is 7.96. The van der Waals surface area contributed by atoms with Crippen LogP contribution in [0.2, 0.25) is 10.0 Å². The molecular weight excluding hydrogens is 415 g/mol. The van der Waals surface area contributed by atoms with Crippen LogP contribution in [0.4, 0.5) is 17.6 Å². The molecule has 0 saturated carbocycles. The third kappa shape index (κ3) is 3.96. The van der Waals surface area contributed by atoms with Crippen LogP contribution in [0.15, 0.2) is 35.9 Å². The van der Waals surface area contributed by atoms with Crippen LogP contribution in [0.3, 0.4) is 0 Å². The maximum Gasteiger partial charge on any atom is 0.430 e. The summed E-state index contributed by atoms with van der Waals surface area (Å²) in [5.41, 5.74) is -0.938. The summed E-state index contributed by atoms with van der Waals surface area (Å²) >= 11 is 11.6. The molecule has 0 spiro atoms. The molecule has 4 nitrogen and oxygen atoms in total. The summed E-state index contributed by atoms with van der Waals surface area (Å²) in [5.74, 6) is -2.91. The van der Waals surface area contributed by atoms with Gasteiger partial charge in [-0.3, -0.25) is 0 Å². The van der Waals surface area contributed by atoms with E-state index in [1.165, 1.54) is 18.2 Å². The van der Waals surface area contributed by atoms with Gasteiger partial charge < -0.3 is 14.6 Å². The number of hydrogen-bond acceptors (Lipinski definition) is 3. The first-order chi connectivity index (χ1) is 12.6. The van der Waals surface area contributed by atoms with Crippen LogP contribution in [-0.2, 0) is 4.79 Å². The van der Waals surface area contributed by atoms with Crippen molar-refractivity contribution in [2.75, 3.05) is 0 Å². The fourth-order valence-corrected chi connectivity index (χ4v) is 2.69. The minimum absolute atomic E-state index is 0.00342. The Bertz CT molecular complexity index is 957. The minimum Gasteiger partial charge on any atom is -0.478 e. The van der Waals surface area contributed by atoms with E-state index >= 15 is 0 Å². The molecule has 0 amide bonds. The zero-order chi connectivity index (χ0) is 19.9. The Morgan fingerprint density at radius 3 is 2.44 bits per heavy atom. The highest BCUT2D eigenvalue weighted by Crippen LogP contribution is 2.42. The van der Waals surface area contributed by atoms with Crippen molar-refractivity contribution in [1.29, 1.82) is 0 Å². The summed E-state index contributed by atoms with van der Waals surface area (Å²) in [5, 5.41) is 8.83. The molecule has 10 heteroatoms. The number of aliphatic carboxylic acids is 1. The van der Waals surface area contributed by atoms with Gasteiger partial charge in [0.25, 0.3) is 0 Å². The summed E-state index contributed by atoms with van der Waals surface area (Å²) in [6, 6.07) is 5.80. The van der Waals surface area contributed by atoms with Crippen LogP contribution >= 0.6 is 23.2 Å². The Kier molecular flexibility index (Phi) is 4.96. The highest BCUT2D eigenvalue weighted by molar-refractivity contribution is 6.32. The van der Waals surface area contributed by atoms with Crippen molar-refractivity contribution in [1.82, 2.24) is 0 Å². The van der Waals surface area contributed by atoms with Crippen LogP contribution in [0.25, 0.3) is 6.08 Å². The zero-order valence-corrected chi connectivity index (χ0v) is 14.5. The number of benzene rings is 2. The van der Waals surface area contributed by atoms with Crippen molar-refractivity contribution in [3.63, 3.8) is 0 Å². The molecule has 0 radical (unpaired) electrons. The van der Waals surface area contributed by atoms with Gasteiger partial charge in [0.15, 0.2) is 0 Å². The molecule has 0 saturated heterocycles. The predicted octanol–water partition coefficient (Wildman–Crippen LogP) is 5.72. The number of carbonyl (C=O) groups is 1. The zero-order valence-electron chi connectivity index (χ0n) is 13.0. The van der Waals surface area contributed by atoms with Crippen molar-refractivity contribution in [3.05, 3.63) is 57.3 Å². The second-order valence-corrected chi connectivity index (χ2v) is 6.26. The van der Waals surface area contributed by atoms with E-state index in [1.54, 1.807) is 0 Å². The summed E-state index contributed by atoms with van der Waals surface area (Å²) in [6.07, 6.45) is -6.76. The number of alkyl halides is 3. The Hall–Kier alpha value is -2.45. The van der Waals surface area contributed by atoms with Crippen LogP contribution in [0.1, 0.15) is 5.56 Å². The first-order valence-electron chi connectivity index (χ1n) is 7.21. The summed E-state index contributed by atoms with van der Waals surface area (Å²) in [4.78, 5) is 11.1. The molecule has 0 aliphatic carbocycles. The van der Waals surface area contributed by atoms with E-state index < -0.39 is 29.6 Å². The summed E-state index contributed by atoms with van der Waals surface area (Å²) < 4.78 is 63.1. The lowest BCUT2D eigenvalue weighted by Gasteiger charge is -2.27. The lowest BCUT2D eigenvalue weighted by atomic mass is 10.0. The molecular formula is C17H8Cl2F4O4. The third-order valence-electron chi connectivity index (χ3n) is 3.57. The first kappa shape index (κ1) is 19.3. The molecule has 142 valence electrons. The van der Waals surface area contributed by atoms with Gasteiger partial charge in [-0.2, -0.15) is 13.2 Å². The van der Waals surface area contributed by atoms with E-state index in [2.05, 4.69) is 0 Å². The highest BCUT2D eigenvalue weighted by atomic mass is 35.5. The topological polar surface area (TPSA) is 55.8 Å². The maximum absolute atomic E-state index is 13.5. The molecule has 0 aromatic heterocycles. The molecule has 1 N–H and O–H groups in total. The van der Waals surface area contributed by atoms with Gasteiger partial charge in [-0.15, -0.1) is 0 Å². The van der Waals surface area contributed by atoms with Gasteiger partial charge in [0, 0.05) is 17.7 Å². The molecule has 2 aromatic carbocycles. The second-order valence-electron chi connectivity index (χ2n) is 5.44. The second kappa shape index (κ2) is 6.94. The van der Waals surface area contributed by atoms with E-state index in [-0.39, 0.29) is 32.9 Å². The number of carboxylic acids is 1. The molecule has 1 aliphatic heterocycles. The smallest absolute Gasteiger partial charge is 0.430 e. The van der Waals surface area contributed by atoms with E-state index in [4.69, 9.17) is 37.8 Å². The van der Waals surface area contributed by atoms with Gasteiger partial charge in [-0.05, 0) is 24.3 Å². The molecule has 1 aliphatic rings. The van der Waals surface area contributed by atoms with Crippen molar-refractivity contribution in [2.45, 2.75) is 12.3 Å². The van der Waals surface area contributed by atoms with Crippen LogP contribution in [-0.4, -0.2) is 23.4 Å². The van der Waals surface area contributed by atoms with Crippen molar-refractivity contribution in [3.8, 4) is 17.2 Å². The summed E-state index contributed by atoms with van der Waals surface area (Å²) in [6.45, 7) is 0. The van der Waals surface area contributed by atoms with Crippen molar-refractivity contribution in [2.24, 2.45) is 0 Å². The average Bonchev–Trinajstić information content (AvgIpc) is 2.57. The molecule has 1 heterocycles. The lowest BCUT2D eigenvalue weighted by molar-refractivity contribution is -0.187. The SMILES string of the molecule is O=C(O)C1=Cc2cc(Cl)c(Oc3ccc(Cl)c(F)c3)cc2OC1C(F)(F)F. The van der Waals surface area contributed by atoms with Crippen LogP contribution < -0.4 is 9.47 Å². The number of ether oxygens (including phenoxy) is 2. The normalized spacial score (nSPS) is 16.2. The quantitative estimate of drug-likeness (QED) is 0.643. The molecule has 0 bridgehead atoms. The maximum atomic E-state index is 13.5. The fraction of sp³-hybridized carbons (Fsp3) is 0.118. The van der Waals surface area contributed by atoms with Gasteiger partial charge in [-0.1, -0.05) is 23.2 Å². The van der Waals surface area contributed by atoms with Gasteiger partial charge >= 0.3 is 12.1 Å². The molecule has 1 atom stereocenters. The standard InChI is InChI=1S/C17H8Cl2F4O4/c18-10-2-1-8(5-12(10)20)26-14-6-13-7(4-11(14)19)3-9(16(24)25)15(27-13)17(21,22)23/h1-6,15H,(H,24,25). The van der Waals surface area contributed by atoms with Gasteiger partial charge in [0.2, 0.25) is 6.10 Å². The number of carboxylic acid groups (broad SMARTS) is 1. The monoisotopic (exact) mass is 422 g/mol. The number of hydrogen-bond donors (Lipinski definition) is 1. The predicted molar refractivity (Wildman–Crippen MR) is 89.0 cm³/mol.